The summed E-state index contributed by atoms with van der Waals surface area (Å²) in [6.07, 6.45) is 1.25. The first-order valence-electron chi connectivity index (χ1n) is 11.3. The van der Waals surface area contributed by atoms with Gasteiger partial charge in [0.15, 0.2) is 17.3 Å². The van der Waals surface area contributed by atoms with E-state index in [1.807, 2.05) is 36.4 Å². The summed E-state index contributed by atoms with van der Waals surface area (Å²) in [6, 6.07) is 20.2. The van der Waals surface area contributed by atoms with E-state index in [-0.39, 0.29) is 17.7 Å². The fourth-order valence-electron chi connectivity index (χ4n) is 4.92. The van der Waals surface area contributed by atoms with Crippen LogP contribution >= 0.6 is 15.9 Å². The van der Waals surface area contributed by atoms with E-state index in [2.05, 4.69) is 57.8 Å². The fourth-order valence-corrected chi connectivity index (χ4v) is 5.54. The maximum absolute atomic E-state index is 13.7. The molecule has 0 radical (unpaired) electrons. The highest BCUT2D eigenvalue weighted by Gasteiger charge is 2.36. The van der Waals surface area contributed by atoms with Crippen molar-refractivity contribution in [2.24, 2.45) is 0 Å². The van der Waals surface area contributed by atoms with Crippen LogP contribution in [0, 0.1) is 6.92 Å². The van der Waals surface area contributed by atoms with Gasteiger partial charge in [-0.3, -0.25) is 4.79 Å². The van der Waals surface area contributed by atoms with Crippen molar-refractivity contribution in [1.82, 2.24) is 0 Å². The molecule has 1 heterocycles. The molecule has 0 aromatic heterocycles. The molecule has 0 saturated carbocycles. The molecule has 1 aliphatic carbocycles. The highest BCUT2D eigenvalue weighted by molar-refractivity contribution is 9.10. The van der Waals surface area contributed by atoms with Crippen molar-refractivity contribution in [1.29, 1.82) is 0 Å². The van der Waals surface area contributed by atoms with Gasteiger partial charge in [0, 0.05) is 17.7 Å². The van der Waals surface area contributed by atoms with Crippen molar-refractivity contribution in [3.8, 4) is 11.5 Å². The predicted octanol–water partition coefficient (Wildman–Crippen LogP) is 6.75. The SMILES string of the molecule is COc1cc([C@H]2Nc3ccccc3NC3=C2C(=O)C[C@H](c2ccc(C)cc2)C3)cc(Br)c1OC. The lowest BCUT2D eigenvalue weighted by Crippen LogP contribution is -2.27. The number of hydrogen-bond donors (Lipinski definition) is 2. The van der Waals surface area contributed by atoms with Gasteiger partial charge in [-0.25, -0.2) is 0 Å². The van der Waals surface area contributed by atoms with E-state index in [0.717, 1.165) is 39.1 Å². The van der Waals surface area contributed by atoms with Gasteiger partial charge in [0.2, 0.25) is 0 Å². The number of hydrogen-bond acceptors (Lipinski definition) is 5. The minimum Gasteiger partial charge on any atom is -0.493 e. The lowest BCUT2D eigenvalue weighted by Gasteiger charge is -2.30. The van der Waals surface area contributed by atoms with E-state index in [0.29, 0.717) is 17.9 Å². The van der Waals surface area contributed by atoms with Gasteiger partial charge in [0.1, 0.15) is 0 Å². The van der Waals surface area contributed by atoms with Crippen LogP contribution in [0.4, 0.5) is 11.4 Å². The summed E-state index contributed by atoms with van der Waals surface area (Å²) >= 11 is 3.62. The highest BCUT2D eigenvalue weighted by Crippen LogP contribution is 2.46. The molecule has 34 heavy (non-hydrogen) atoms. The van der Waals surface area contributed by atoms with E-state index in [4.69, 9.17) is 9.47 Å². The summed E-state index contributed by atoms with van der Waals surface area (Å²) in [5.74, 6) is 1.53. The molecule has 1 aliphatic heterocycles. The van der Waals surface area contributed by atoms with E-state index in [1.165, 1.54) is 11.1 Å². The highest BCUT2D eigenvalue weighted by atomic mass is 79.9. The molecule has 0 bridgehead atoms. The topological polar surface area (TPSA) is 59.6 Å². The van der Waals surface area contributed by atoms with Gasteiger partial charge < -0.3 is 20.1 Å². The molecule has 3 aromatic rings. The molecule has 2 atom stereocenters. The Bertz CT molecular complexity index is 1280. The van der Waals surface area contributed by atoms with Gasteiger partial charge in [-0.2, -0.15) is 0 Å². The Hall–Kier alpha value is -3.25. The van der Waals surface area contributed by atoms with Crippen molar-refractivity contribution >= 4 is 33.1 Å². The molecule has 0 fully saturated rings. The number of ether oxygens (including phenoxy) is 2. The van der Waals surface area contributed by atoms with Crippen molar-refractivity contribution in [2.75, 3.05) is 24.9 Å². The molecule has 5 rings (SSSR count). The second kappa shape index (κ2) is 9.18. The molecule has 2 aliphatic rings. The normalized spacial score (nSPS) is 19.4. The number of rotatable bonds is 4. The maximum atomic E-state index is 13.7. The van der Waals surface area contributed by atoms with Crippen molar-refractivity contribution in [3.05, 3.63) is 93.1 Å². The molecule has 3 aromatic carbocycles. The maximum Gasteiger partial charge on any atom is 0.174 e. The third-order valence-corrected chi connectivity index (χ3v) is 7.24. The first-order chi connectivity index (χ1) is 16.5. The molecular formula is C28H27BrN2O3. The number of nitrogens with one attached hydrogen (secondary N) is 2. The van der Waals surface area contributed by atoms with Crippen molar-refractivity contribution in [3.63, 3.8) is 0 Å². The summed E-state index contributed by atoms with van der Waals surface area (Å²) in [5.41, 5.74) is 7.01. The van der Waals surface area contributed by atoms with E-state index in [9.17, 15) is 4.79 Å². The number of carbonyl (C=O) groups is 1. The third kappa shape index (κ3) is 4.07. The van der Waals surface area contributed by atoms with Gasteiger partial charge in [-0.05, 0) is 70.6 Å². The standard InChI is InChI=1S/C28H27BrN2O3/c1-16-8-10-17(11-9-16)18-13-23-26(24(32)14-18)27(31-22-7-5-4-6-21(22)30-23)19-12-20(29)28(34-3)25(15-19)33-2/h4-12,15,18,27,30-31H,13-14H2,1-3H3/t18-,27-/m1/s1. The third-order valence-electron chi connectivity index (χ3n) is 6.65. The average molecular weight is 519 g/mol. The van der Waals surface area contributed by atoms with Crippen LogP contribution < -0.4 is 20.1 Å². The Morgan fingerprint density at radius 2 is 1.65 bits per heavy atom. The number of allylic oxidation sites excluding steroid dienone is 1. The second-order valence-corrected chi connectivity index (χ2v) is 9.67. The first kappa shape index (κ1) is 22.5. The van der Waals surface area contributed by atoms with Gasteiger partial charge >= 0.3 is 0 Å². The summed E-state index contributed by atoms with van der Waals surface area (Å²) in [6.45, 7) is 2.08. The fraction of sp³-hybridized carbons (Fsp3) is 0.250. The number of halogens is 1. The molecule has 0 spiro atoms. The predicted molar refractivity (Wildman–Crippen MR) is 139 cm³/mol. The van der Waals surface area contributed by atoms with Crippen LogP contribution in [0.3, 0.4) is 0 Å². The zero-order valence-electron chi connectivity index (χ0n) is 19.4. The van der Waals surface area contributed by atoms with Crippen molar-refractivity contribution < 1.29 is 14.3 Å². The number of para-hydroxylation sites is 2. The number of ketones is 1. The van der Waals surface area contributed by atoms with Crippen LogP contribution in [0.1, 0.15) is 41.5 Å². The number of methoxy groups -OCH3 is 2. The summed E-state index contributed by atoms with van der Waals surface area (Å²) in [4.78, 5) is 13.7. The molecule has 0 amide bonds. The van der Waals surface area contributed by atoms with E-state index >= 15 is 0 Å². The Balaban J connectivity index is 1.63. The van der Waals surface area contributed by atoms with Crippen LogP contribution in [0.5, 0.6) is 11.5 Å². The minimum absolute atomic E-state index is 0.141. The number of benzene rings is 3. The van der Waals surface area contributed by atoms with E-state index in [1.54, 1.807) is 14.2 Å². The molecular weight excluding hydrogens is 492 g/mol. The summed E-state index contributed by atoms with van der Waals surface area (Å²) in [7, 11) is 3.23. The molecule has 2 N–H and O–H groups in total. The van der Waals surface area contributed by atoms with Crippen LogP contribution in [0.2, 0.25) is 0 Å². The van der Waals surface area contributed by atoms with Crippen LogP contribution in [-0.2, 0) is 4.79 Å². The molecule has 174 valence electrons. The van der Waals surface area contributed by atoms with Gasteiger partial charge in [-0.1, -0.05) is 42.0 Å². The van der Waals surface area contributed by atoms with Gasteiger partial charge in [0.25, 0.3) is 0 Å². The molecule has 6 heteroatoms. The monoisotopic (exact) mass is 518 g/mol. The lowest BCUT2D eigenvalue weighted by atomic mass is 9.78. The van der Waals surface area contributed by atoms with Gasteiger partial charge in [-0.15, -0.1) is 0 Å². The average Bonchev–Trinajstić information content (AvgIpc) is 3.01. The second-order valence-electron chi connectivity index (χ2n) is 8.82. The zero-order valence-corrected chi connectivity index (χ0v) is 21.0. The Kier molecular flexibility index (Phi) is 6.09. The zero-order chi connectivity index (χ0) is 23.8. The van der Waals surface area contributed by atoms with Crippen LogP contribution in [0.15, 0.2) is 76.4 Å². The Morgan fingerprint density at radius 3 is 2.35 bits per heavy atom. The quantitative estimate of drug-likeness (QED) is 0.399. The van der Waals surface area contributed by atoms with Crippen molar-refractivity contribution in [2.45, 2.75) is 31.7 Å². The number of fused-ring (bicyclic) bond motifs is 1. The number of Topliss-reactive ketones (excluding diaryl/α,β-unsaturated/α-hetero) is 1. The van der Waals surface area contributed by atoms with Crippen LogP contribution in [-0.4, -0.2) is 20.0 Å². The molecule has 0 saturated heterocycles. The van der Waals surface area contributed by atoms with Gasteiger partial charge in [0.05, 0.1) is 36.1 Å². The Labute approximate surface area is 208 Å². The number of anilines is 2. The smallest absolute Gasteiger partial charge is 0.174 e. The van der Waals surface area contributed by atoms with E-state index < -0.39 is 0 Å². The Morgan fingerprint density at radius 1 is 0.912 bits per heavy atom. The molecule has 5 nitrogen and oxygen atoms in total. The lowest BCUT2D eigenvalue weighted by molar-refractivity contribution is -0.116. The summed E-state index contributed by atoms with van der Waals surface area (Å²) < 4.78 is 11.9. The summed E-state index contributed by atoms with van der Waals surface area (Å²) in [5, 5.41) is 7.22. The molecule has 0 unspecified atom stereocenters. The number of carbonyl (C=O) groups excluding carboxylic acids is 1. The van der Waals surface area contributed by atoms with Crippen LogP contribution in [0.25, 0.3) is 0 Å². The largest absolute Gasteiger partial charge is 0.493 e. The minimum atomic E-state index is -0.325. The first-order valence-corrected chi connectivity index (χ1v) is 12.1. The number of aryl methyl sites for hydroxylation is 1.